The minimum absolute atomic E-state index is 0.0630. The number of nitrogens with two attached hydrogens (primary N) is 1. The summed E-state index contributed by atoms with van der Waals surface area (Å²) in [6.45, 7) is 3.67. The molecule has 6 nitrogen and oxygen atoms in total. The Bertz CT molecular complexity index is 458. The maximum Gasteiger partial charge on any atom is 0.150 e. The Labute approximate surface area is 112 Å². The van der Waals surface area contributed by atoms with E-state index in [9.17, 15) is 8.42 Å². The zero-order chi connectivity index (χ0) is 13.6. The van der Waals surface area contributed by atoms with Crippen molar-refractivity contribution in [1.82, 2.24) is 15.0 Å². The second-order valence-electron chi connectivity index (χ2n) is 4.04. The van der Waals surface area contributed by atoms with Gasteiger partial charge >= 0.3 is 0 Å². The maximum absolute atomic E-state index is 11.4. The number of aryl methyl sites for hydroxylation is 1. The van der Waals surface area contributed by atoms with E-state index < -0.39 is 9.84 Å². The van der Waals surface area contributed by atoms with Crippen molar-refractivity contribution in [2.75, 3.05) is 11.5 Å². The highest BCUT2D eigenvalue weighted by atomic mass is 32.2. The molecule has 1 aromatic heterocycles. The average molecular weight is 292 g/mol. The predicted octanol–water partition coefficient (Wildman–Crippen LogP) is 0.820. The molecular weight excluding hydrogens is 272 g/mol. The number of sulfone groups is 1. The zero-order valence-corrected chi connectivity index (χ0v) is 12.4. The Morgan fingerprint density at radius 3 is 2.72 bits per heavy atom. The van der Waals surface area contributed by atoms with Crippen molar-refractivity contribution < 1.29 is 8.42 Å². The van der Waals surface area contributed by atoms with E-state index >= 15 is 0 Å². The quantitative estimate of drug-likeness (QED) is 0.544. The van der Waals surface area contributed by atoms with E-state index in [2.05, 4.69) is 15.0 Å². The lowest BCUT2D eigenvalue weighted by molar-refractivity contribution is 0.510. The first kappa shape index (κ1) is 15.5. The Morgan fingerprint density at radius 2 is 2.17 bits per heavy atom. The summed E-state index contributed by atoms with van der Waals surface area (Å²) in [4.78, 5) is 1.01. The van der Waals surface area contributed by atoms with E-state index in [0.29, 0.717) is 12.8 Å². The highest BCUT2D eigenvalue weighted by Gasteiger charge is 2.18. The summed E-state index contributed by atoms with van der Waals surface area (Å²) in [7, 11) is -2.90. The third-order valence-electron chi connectivity index (χ3n) is 2.83. The molecule has 0 spiro atoms. The molecule has 0 aliphatic heterocycles. The van der Waals surface area contributed by atoms with Crippen molar-refractivity contribution in [3.8, 4) is 0 Å². The van der Waals surface area contributed by atoms with Crippen LogP contribution in [0.25, 0.3) is 0 Å². The summed E-state index contributed by atoms with van der Waals surface area (Å²) in [5, 5.41) is 4.03. The SMILES string of the molecule is CCc1nnsc1C(CCCS(=O)(=O)CC)NN. The Hall–Kier alpha value is -0.570. The van der Waals surface area contributed by atoms with Gasteiger partial charge in [-0.25, -0.2) is 8.42 Å². The van der Waals surface area contributed by atoms with E-state index in [1.165, 1.54) is 11.5 Å². The molecule has 1 atom stereocenters. The topological polar surface area (TPSA) is 98.0 Å². The number of hydrogen-bond acceptors (Lipinski definition) is 7. The largest absolute Gasteiger partial charge is 0.271 e. The van der Waals surface area contributed by atoms with Crippen LogP contribution in [0.1, 0.15) is 43.3 Å². The van der Waals surface area contributed by atoms with Crippen LogP contribution in [0.4, 0.5) is 0 Å². The average Bonchev–Trinajstić information content (AvgIpc) is 2.82. The molecule has 1 heterocycles. The van der Waals surface area contributed by atoms with Crippen LogP contribution in [0.15, 0.2) is 0 Å². The highest BCUT2D eigenvalue weighted by Crippen LogP contribution is 2.24. The fourth-order valence-corrected chi connectivity index (χ4v) is 3.39. The highest BCUT2D eigenvalue weighted by molar-refractivity contribution is 7.91. The monoisotopic (exact) mass is 292 g/mol. The van der Waals surface area contributed by atoms with Crippen LogP contribution in [0.5, 0.6) is 0 Å². The number of rotatable bonds is 8. The first-order valence-electron chi connectivity index (χ1n) is 6.01. The second kappa shape index (κ2) is 7.13. The lowest BCUT2D eigenvalue weighted by Crippen LogP contribution is -2.28. The van der Waals surface area contributed by atoms with Crippen LogP contribution < -0.4 is 11.3 Å². The van der Waals surface area contributed by atoms with Crippen LogP contribution in [-0.4, -0.2) is 29.5 Å². The fraction of sp³-hybridized carbons (Fsp3) is 0.800. The molecule has 1 rings (SSSR count). The Kier molecular flexibility index (Phi) is 6.13. The molecule has 0 bridgehead atoms. The van der Waals surface area contributed by atoms with Crippen molar-refractivity contribution in [3.05, 3.63) is 10.6 Å². The van der Waals surface area contributed by atoms with E-state index in [1.54, 1.807) is 6.92 Å². The molecule has 8 heteroatoms. The third kappa shape index (κ3) is 4.27. The van der Waals surface area contributed by atoms with E-state index in [0.717, 1.165) is 17.0 Å². The molecule has 0 aliphatic carbocycles. The van der Waals surface area contributed by atoms with Gasteiger partial charge in [-0.15, -0.1) is 5.10 Å². The molecule has 0 aromatic carbocycles. The van der Waals surface area contributed by atoms with E-state index in [1.807, 2.05) is 6.92 Å². The minimum atomic E-state index is -2.90. The summed E-state index contributed by atoms with van der Waals surface area (Å²) >= 11 is 1.32. The van der Waals surface area contributed by atoms with Crippen LogP contribution in [0.2, 0.25) is 0 Å². The van der Waals surface area contributed by atoms with Crippen LogP contribution in [-0.2, 0) is 16.3 Å². The van der Waals surface area contributed by atoms with Gasteiger partial charge in [0.1, 0.15) is 9.84 Å². The Balaban J connectivity index is 2.58. The molecular formula is C10H20N4O2S2. The minimum Gasteiger partial charge on any atom is -0.271 e. The molecule has 0 saturated carbocycles. The van der Waals surface area contributed by atoms with Gasteiger partial charge in [-0.1, -0.05) is 18.3 Å². The maximum atomic E-state index is 11.4. The van der Waals surface area contributed by atoms with Gasteiger partial charge < -0.3 is 0 Å². The van der Waals surface area contributed by atoms with Gasteiger partial charge in [-0.3, -0.25) is 11.3 Å². The molecule has 0 amide bonds. The van der Waals surface area contributed by atoms with E-state index in [4.69, 9.17) is 5.84 Å². The smallest absolute Gasteiger partial charge is 0.150 e. The van der Waals surface area contributed by atoms with Gasteiger partial charge in [-0.05, 0) is 30.8 Å². The second-order valence-corrected chi connectivity index (χ2v) is 7.29. The molecule has 0 fully saturated rings. The van der Waals surface area contributed by atoms with Gasteiger partial charge in [-0.2, -0.15) is 0 Å². The lowest BCUT2D eigenvalue weighted by atomic mass is 10.1. The summed E-state index contributed by atoms with van der Waals surface area (Å²) in [5.74, 6) is 5.92. The fourth-order valence-electron chi connectivity index (χ4n) is 1.67. The summed E-state index contributed by atoms with van der Waals surface area (Å²) in [6.07, 6.45) is 2.07. The van der Waals surface area contributed by atoms with Crippen LogP contribution in [0.3, 0.4) is 0 Å². The normalized spacial score (nSPS) is 13.7. The van der Waals surface area contributed by atoms with Crippen molar-refractivity contribution in [2.24, 2.45) is 5.84 Å². The molecule has 0 aliphatic rings. The molecule has 3 N–H and O–H groups in total. The van der Waals surface area contributed by atoms with Crippen LogP contribution >= 0.6 is 11.5 Å². The molecule has 104 valence electrons. The Morgan fingerprint density at radius 1 is 1.44 bits per heavy atom. The molecule has 0 radical (unpaired) electrons. The van der Waals surface area contributed by atoms with Gasteiger partial charge in [0.05, 0.1) is 22.4 Å². The predicted molar refractivity (Wildman–Crippen MR) is 72.9 cm³/mol. The number of hydrogen-bond donors (Lipinski definition) is 2. The van der Waals surface area contributed by atoms with Gasteiger partial charge in [0.2, 0.25) is 0 Å². The number of hydrazine groups is 1. The first-order valence-corrected chi connectivity index (χ1v) is 8.61. The molecule has 1 aromatic rings. The van der Waals surface area contributed by atoms with Crippen molar-refractivity contribution in [2.45, 2.75) is 39.2 Å². The number of nitrogens with zero attached hydrogens (tertiary/aromatic N) is 2. The van der Waals surface area contributed by atoms with Gasteiger partial charge in [0.15, 0.2) is 0 Å². The first-order chi connectivity index (χ1) is 8.54. The van der Waals surface area contributed by atoms with Crippen molar-refractivity contribution in [3.63, 3.8) is 0 Å². The standard InChI is InChI=1S/C10H20N4O2S2/c1-3-8-10(17-14-13-8)9(12-11)6-5-7-18(15,16)4-2/h9,12H,3-7,11H2,1-2H3. The summed E-state index contributed by atoms with van der Waals surface area (Å²) in [5.41, 5.74) is 3.65. The van der Waals surface area contributed by atoms with Crippen molar-refractivity contribution >= 4 is 21.4 Å². The van der Waals surface area contributed by atoms with Crippen LogP contribution in [0, 0.1) is 0 Å². The van der Waals surface area contributed by atoms with E-state index in [-0.39, 0.29) is 17.5 Å². The summed E-state index contributed by atoms with van der Waals surface area (Å²) in [6, 6.07) is -0.0630. The molecule has 0 saturated heterocycles. The van der Waals surface area contributed by atoms with Crippen molar-refractivity contribution in [1.29, 1.82) is 0 Å². The molecule has 1 unspecified atom stereocenters. The number of aromatic nitrogens is 2. The lowest BCUT2D eigenvalue weighted by Gasteiger charge is -2.14. The number of nitrogens with one attached hydrogen (secondary N) is 1. The summed E-state index contributed by atoms with van der Waals surface area (Å²) < 4.78 is 26.7. The molecule has 18 heavy (non-hydrogen) atoms. The zero-order valence-electron chi connectivity index (χ0n) is 10.7. The third-order valence-corrected chi connectivity index (χ3v) is 5.50. The van der Waals surface area contributed by atoms with Gasteiger partial charge in [0.25, 0.3) is 0 Å². The van der Waals surface area contributed by atoms with Gasteiger partial charge in [0, 0.05) is 5.75 Å².